The second-order valence-electron chi connectivity index (χ2n) is 12.1. The number of ether oxygens (including phenoxy) is 2. The number of aromatic nitrogens is 6. The van der Waals surface area contributed by atoms with Crippen LogP contribution in [0, 0.1) is 0 Å². The predicted octanol–water partition coefficient (Wildman–Crippen LogP) is 8.13. The number of nitrogens with two attached hydrogens (primary N) is 1. The third-order valence-electron chi connectivity index (χ3n) is 7.29. The van der Waals surface area contributed by atoms with Gasteiger partial charge in [0, 0.05) is 33.4 Å². The molecule has 0 aliphatic heterocycles. The van der Waals surface area contributed by atoms with Crippen molar-refractivity contribution < 1.29 is 28.3 Å². The molecule has 7 rings (SSSR count). The molecule has 15 nitrogen and oxygen atoms in total. The Hall–Kier alpha value is -6.45. The van der Waals surface area contributed by atoms with E-state index in [1.165, 1.54) is 0 Å². The van der Waals surface area contributed by atoms with E-state index in [1.807, 2.05) is 45.9 Å². The van der Waals surface area contributed by atoms with Gasteiger partial charge in [-0.3, -0.25) is 9.51 Å². The van der Waals surface area contributed by atoms with Gasteiger partial charge in [0.15, 0.2) is 11.7 Å². The average molecular weight is 772 g/mol. The second-order valence-corrected chi connectivity index (χ2v) is 12.9. The lowest BCUT2D eigenvalue weighted by atomic mass is 10.1. The van der Waals surface area contributed by atoms with Gasteiger partial charge in [-0.15, -0.1) is 0 Å². The lowest BCUT2D eigenvalue weighted by Gasteiger charge is -2.11. The minimum Gasteiger partial charge on any atom is -0.489 e. The largest absolute Gasteiger partial charge is 0.489 e. The highest BCUT2D eigenvalue weighted by atomic mass is 35.5. The molecule has 17 heteroatoms. The molecule has 54 heavy (non-hydrogen) atoms. The summed E-state index contributed by atoms with van der Waals surface area (Å²) in [6.07, 6.45) is 0.0457. The van der Waals surface area contributed by atoms with Crippen LogP contribution in [-0.4, -0.2) is 53.7 Å². The number of aromatic amines is 1. The Morgan fingerprint density at radius 2 is 1.22 bits per heavy atom. The quantitative estimate of drug-likeness (QED) is 0.0519. The number of amidine groups is 1. The van der Waals surface area contributed by atoms with Gasteiger partial charge in [0.05, 0.1) is 22.3 Å². The highest BCUT2D eigenvalue weighted by molar-refractivity contribution is 6.32. The van der Waals surface area contributed by atoms with Crippen molar-refractivity contribution in [2.24, 2.45) is 10.9 Å². The van der Waals surface area contributed by atoms with Gasteiger partial charge in [-0.05, 0) is 88.4 Å². The van der Waals surface area contributed by atoms with Crippen LogP contribution in [0.15, 0.2) is 108 Å². The Labute approximate surface area is 317 Å². The van der Waals surface area contributed by atoms with Crippen molar-refractivity contribution in [3.8, 4) is 68.6 Å². The lowest BCUT2D eigenvalue weighted by molar-refractivity contribution is 0.242. The maximum Gasteiger partial charge on any atom is 0.439 e. The van der Waals surface area contributed by atoms with Crippen LogP contribution in [-0.2, 0) is 0 Å². The summed E-state index contributed by atoms with van der Waals surface area (Å²) in [6.45, 7) is 7.72. The third kappa shape index (κ3) is 8.94. The van der Waals surface area contributed by atoms with Crippen LogP contribution in [0.25, 0.3) is 57.1 Å². The van der Waals surface area contributed by atoms with Crippen molar-refractivity contribution in [1.29, 1.82) is 0 Å². The van der Waals surface area contributed by atoms with Gasteiger partial charge >= 0.3 is 5.76 Å². The zero-order valence-electron chi connectivity index (χ0n) is 29.2. The fourth-order valence-electron chi connectivity index (χ4n) is 4.92. The summed E-state index contributed by atoms with van der Waals surface area (Å²) in [4.78, 5) is 22.5. The van der Waals surface area contributed by atoms with Crippen LogP contribution in [0.4, 0.5) is 0 Å². The first kappa shape index (κ1) is 37.3. The molecular formula is C37H32Cl2N8O7. The van der Waals surface area contributed by atoms with Crippen LogP contribution in [0.3, 0.4) is 0 Å². The molecule has 0 atom stereocenters. The minimum absolute atomic E-state index is 0.000822. The summed E-state index contributed by atoms with van der Waals surface area (Å²) in [5.41, 5.74) is 9.54. The van der Waals surface area contributed by atoms with Crippen molar-refractivity contribution >= 4 is 29.0 Å². The first-order valence-corrected chi connectivity index (χ1v) is 17.1. The second kappa shape index (κ2) is 16.5. The van der Waals surface area contributed by atoms with E-state index in [9.17, 15) is 4.79 Å². The van der Waals surface area contributed by atoms with Crippen molar-refractivity contribution in [1.82, 2.24) is 30.4 Å². The monoisotopic (exact) mass is 770 g/mol. The molecule has 276 valence electrons. The van der Waals surface area contributed by atoms with E-state index in [2.05, 4.69) is 40.1 Å². The SMILES string of the molecule is CC(C)Oc1ccc(-c2noc(-c3cccc(-c4noc(=O)[nH]4)c3)n2)cc1Cl.CC(C)Oc1ccc(-c2noc(-c3cccc(C(N)=NO)c3)n2)cc1Cl. The Balaban J connectivity index is 0.000000185. The number of rotatable bonds is 10. The molecule has 4 aromatic carbocycles. The highest BCUT2D eigenvalue weighted by Gasteiger charge is 2.16. The Bertz CT molecular complexity index is 2470. The number of hydrogen-bond acceptors (Lipinski definition) is 13. The van der Waals surface area contributed by atoms with Gasteiger partial charge in [0.25, 0.3) is 11.8 Å². The number of nitrogens with zero attached hydrogens (tertiary/aromatic N) is 6. The molecule has 0 aliphatic rings. The molecule has 0 radical (unpaired) electrons. The van der Waals surface area contributed by atoms with Gasteiger partial charge in [0.1, 0.15) is 11.5 Å². The maximum absolute atomic E-state index is 11.1. The van der Waals surface area contributed by atoms with Crippen LogP contribution >= 0.6 is 23.2 Å². The normalized spacial score (nSPS) is 11.4. The summed E-state index contributed by atoms with van der Waals surface area (Å²) in [6, 6.07) is 24.7. The zero-order valence-corrected chi connectivity index (χ0v) is 30.7. The third-order valence-corrected chi connectivity index (χ3v) is 7.88. The highest BCUT2D eigenvalue weighted by Crippen LogP contribution is 2.33. The summed E-state index contributed by atoms with van der Waals surface area (Å²) >= 11 is 12.5. The Morgan fingerprint density at radius 1 is 0.704 bits per heavy atom. The molecule has 0 saturated carbocycles. The molecule has 0 spiro atoms. The van der Waals surface area contributed by atoms with Crippen LogP contribution in [0.2, 0.25) is 10.0 Å². The van der Waals surface area contributed by atoms with Gasteiger partial charge in [0.2, 0.25) is 11.6 Å². The molecule has 0 saturated heterocycles. The Morgan fingerprint density at radius 3 is 1.70 bits per heavy atom. The molecule has 7 aromatic rings. The standard InChI is InChI=1S/C19H15ClN4O4.C18H17ClN4O3/c1-10(2)26-15-7-6-12(9-14(15)20)16-21-18(27-23-16)13-5-3-4-11(8-13)17-22-19(25)28-24-17;1-10(2)25-15-7-6-12(9-14(15)19)17-21-18(26-23-17)13-5-3-4-11(8-13)16(20)22-24/h3-10H,1-2H3,(H,22,24,25);3-10,24H,1-2H3,(H2,20,22). The maximum atomic E-state index is 11.1. The molecule has 3 heterocycles. The smallest absolute Gasteiger partial charge is 0.439 e. The van der Waals surface area contributed by atoms with E-state index in [0.717, 1.165) is 0 Å². The molecule has 0 aliphatic carbocycles. The van der Waals surface area contributed by atoms with Gasteiger partial charge in [-0.2, -0.15) is 9.97 Å². The minimum atomic E-state index is -0.623. The summed E-state index contributed by atoms with van der Waals surface area (Å²) in [5, 5.41) is 24.4. The van der Waals surface area contributed by atoms with E-state index in [-0.39, 0.29) is 18.0 Å². The number of oxime groups is 1. The van der Waals surface area contributed by atoms with Crippen molar-refractivity contribution in [3.63, 3.8) is 0 Å². The van der Waals surface area contributed by atoms with Crippen molar-refractivity contribution in [2.45, 2.75) is 39.9 Å². The van der Waals surface area contributed by atoms with E-state index in [0.29, 0.717) is 84.2 Å². The topological polar surface area (TPSA) is 214 Å². The van der Waals surface area contributed by atoms with Gasteiger partial charge < -0.3 is 29.5 Å². The molecule has 0 amide bonds. The number of hydrogen-bond donors (Lipinski definition) is 3. The predicted molar refractivity (Wildman–Crippen MR) is 201 cm³/mol. The number of nitrogens with one attached hydrogen (secondary N) is 1. The van der Waals surface area contributed by atoms with Gasteiger partial charge in [-0.1, -0.05) is 68.1 Å². The Kier molecular flexibility index (Phi) is 11.4. The lowest BCUT2D eigenvalue weighted by Crippen LogP contribution is -2.12. The van der Waals surface area contributed by atoms with Gasteiger partial charge in [-0.25, -0.2) is 4.79 Å². The molecule has 0 fully saturated rings. The van der Waals surface area contributed by atoms with Crippen LogP contribution in [0.1, 0.15) is 33.3 Å². The summed E-state index contributed by atoms with van der Waals surface area (Å²) in [7, 11) is 0. The fourth-order valence-corrected chi connectivity index (χ4v) is 5.37. The molecular weight excluding hydrogens is 739 g/mol. The van der Waals surface area contributed by atoms with E-state index >= 15 is 0 Å². The average Bonchev–Trinajstić information content (AvgIpc) is 3.95. The number of H-pyrrole nitrogens is 1. The summed E-state index contributed by atoms with van der Waals surface area (Å²) < 4.78 is 26.5. The molecule has 3 aromatic heterocycles. The molecule has 0 unspecified atom stereocenters. The first-order chi connectivity index (χ1) is 26.0. The molecule has 4 N–H and O–H groups in total. The van der Waals surface area contributed by atoms with Crippen molar-refractivity contribution in [2.75, 3.05) is 0 Å². The number of halogens is 2. The number of benzene rings is 4. The fraction of sp³-hybridized carbons (Fsp3) is 0.162. The van der Waals surface area contributed by atoms with Crippen LogP contribution in [0.5, 0.6) is 11.5 Å². The molecule has 0 bridgehead atoms. The zero-order chi connectivity index (χ0) is 38.4. The van der Waals surface area contributed by atoms with Crippen LogP contribution < -0.4 is 21.0 Å². The van der Waals surface area contributed by atoms with E-state index in [1.54, 1.807) is 66.7 Å². The van der Waals surface area contributed by atoms with Crippen molar-refractivity contribution in [3.05, 3.63) is 111 Å². The first-order valence-electron chi connectivity index (χ1n) is 16.3. The van der Waals surface area contributed by atoms with E-state index in [4.69, 9.17) is 52.7 Å². The van der Waals surface area contributed by atoms with E-state index < -0.39 is 5.76 Å². The summed E-state index contributed by atoms with van der Waals surface area (Å²) in [5.74, 6) is 2.31.